The van der Waals surface area contributed by atoms with Gasteiger partial charge in [0.25, 0.3) is 5.56 Å². The highest BCUT2D eigenvalue weighted by Gasteiger charge is 2.26. The number of nitrogens with one attached hydrogen (secondary N) is 1. The molecule has 0 aliphatic heterocycles. The molecule has 1 heterocycles. The van der Waals surface area contributed by atoms with Gasteiger partial charge < -0.3 is 15.5 Å². The Bertz CT molecular complexity index is 1180. The number of hydrogen-bond donors (Lipinski definition) is 2. The van der Waals surface area contributed by atoms with Gasteiger partial charge in [-0.05, 0) is 35.6 Å². The molecule has 0 fully saturated rings. The minimum absolute atomic E-state index is 0.00524. The van der Waals surface area contributed by atoms with Crippen LogP contribution in [0.2, 0.25) is 0 Å². The number of halogens is 1. The standard InChI is InChI=1S/C24H32BrN5O4/c1-15(2)12-29(21-22(26)30(13-16(3)4)24(34)27-23(21)33)20(32)14-28(5)19(31)10-9-17-7-6-8-18(25)11-17/h6-11,15-16H,12-14,26H2,1-5H3,(H,27,33,34). The van der Waals surface area contributed by atoms with Gasteiger partial charge in [-0.15, -0.1) is 0 Å². The second kappa shape index (κ2) is 11.8. The van der Waals surface area contributed by atoms with E-state index in [0.29, 0.717) is 0 Å². The number of anilines is 2. The number of aromatic nitrogens is 2. The second-order valence-corrected chi connectivity index (χ2v) is 9.89. The molecule has 184 valence electrons. The maximum absolute atomic E-state index is 13.2. The highest BCUT2D eigenvalue weighted by atomic mass is 79.9. The number of H-pyrrole nitrogens is 1. The Balaban J connectivity index is 2.32. The fraction of sp³-hybridized carbons (Fsp3) is 0.417. The van der Waals surface area contributed by atoms with Gasteiger partial charge >= 0.3 is 5.69 Å². The first-order chi connectivity index (χ1) is 15.9. The molecule has 0 bridgehead atoms. The van der Waals surface area contributed by atoms with Crippen molar-refractivity contribution >= 4 is 45.3 Å². The van der Waals surface area contributed by atoms with Crippen LogP contribution in [0.3, 0.4) is 0 Å². The van der Waals surface area contributed by atoms with Gasteiger partial charge in [-0.3, -0.25) is 23.9 Å². The Kier molecular flexibility index (Phi) is 9.43. The SMILES string of the molecule is CC(C)CN(C(=O)CN(C)C(=O)C=Cc1cccc(Br)c1)c1c(N)n(CC(C)C)c(=O)[nH]c1=O. The fourth-order valence-corrected chi connectivity index (χ4v) is 3.76. The largest absolute Gasteiger partial charge is 0.383 e. The van der Waals surface area contributed by atoms with Crippen LogP contribution in [0.25, 0.3) is 6.08 Å². The van der Waals surface area contributed by atoms with Crippen LogP contribution in [-0.4, -0.2) is 46.4 Å². The normalized spacial score (nSPS) is 11.4. The van der Waals surface area contributed by atoms with Crippen LogP contribution in [0.15, 0.2) is 44.4 Å². The van der Waals surface area contributed by atoms with Crippen molar-refractivity contribution in [2.45, 2.75) is 34.2 Å². The van der Waals surface area contributed by atoms with E-state index in [1.807, 2.05) is 52.0 Å². The van der Waals surface area contributed by atoms with E-state index < -0.39 is 17.2 Å². The van der Waals surface area contributed by atoms with Crippen LogP contribution in [0, 0.1) is 11.8 Å². The number of amides is 2. The van der Waals surface area contributed by atoms with E-state index in [4.69, 9.17) is 5.73 Å². The topological polar surface area (TPSA) is 121 Å². The van der Waals surface area contributed by atoms with Gasteiger partial charge in [0.1, 0.15) is 12.4 Å². The first-order valence-corrected chi connectivity index (χ1v) is 11.8. The van der Waals surface area contributed by atoms with Crippen LogP contribution in [0.5, 0.6) is 0 Å². The van der Waals surface area contributed by atoms with E-state index in [2.05, 4.69) is 20.9 Å². The molecular formula is C24H32BrN5O4. The first-order valence-electron chi connectivity index (χ1n) is 11.0. The number of nitrogens with zero attached hydrogens (tertiary/aromatic N) is 3. The van der Waals surface area contributed by atoms with Crippen molar-refractivity contribution in [3.63, 3.8) is 0 Å². The summed E-state index contributed by atoms with van der Waals surface area (Å²) in [4.78, 5) is 55.6. The molecule has 2 rings (SSSR count). The van der Waals surface area contributed by atoms with Crippen molar-refractivity contribution in [1.82, 2.24) is 14.5 Å². The second-order valence-electron chi connectivity index (χ2n) is 8.98. The molecule has 1 aromatic carbocycles. The zero-order valence-corrected chi connectivity index (χ0v) is 21.8. The molecule has 0 aliphatic carbocycles. The van der Waals surface area contributed by atoms with Crippen LogP contribution in [0.1, 0.15) is 33.3 Å². The van der Waals surface area contributed by atoms with Gasteiger partial charge in [0.15, 0.2) is 5.69 Å². The van der Waals surface area contributed by atoms with E-state index in [9.17, 15) is 19.2 Å². The van der Waals surface area contributed by atoms with Gasteiger partial charge in [0.05, 0.1) is 0 Å². The monoisotopic (exact) mass is 533 g/mol. The molecule has 34 heavy (non-hydrogen) atoms. The van der Waals surface area contributed by atoms with E-state index in [0.717, 1.165) is 10.0 Å². The third-order valence-corrected chi connectivity index (χ3v) is 5.39. The zero-order chi connectivity index (χ0) is 25.6. The van der Waals surface area contributed by atoms with Crippen LogP contribution in [0.4, 0.5) is 11.5 Å². The van der Waals surface area contributed by atoms with Crippen molar-refractivity contribution in [2.75, 3.05) is 30.8 Å². The van der Waals surface area contributed by atoms with Crippen molar-refractivity contribution < 1.29 is 9.59 Å². The Morgan fingerprint density at radius 1 is 1.18 bits per heavy atom. The van der Waals surface area contributed by atoms with E-state index in [1.165, 1.54) is 27.5 Å². The Morgan fingerprint density at radius 3 is 2.44 bits per heavy atom. The summed E-state index contributed by atoms with van der Waals surface area (Å²) < 4.78 is 2.15. The molecule has 0 saturated heterocycles. The highest BCUT2D eigenvalue weighted by molar-refractivity contribution is 9.10. The molecule has 2 aromatic rings. The Labute approximate surface area is 207 Å². The number of carbonyl (C=O) groups is 2. The average Bonchev–Trinajstić information content (AvgIpc) is 2.73. The first kappa shape index (κ1) is 27.1. The predicted octanol–water partition coefficient (Wildman–Crippen LogP) is 2.70. The van der Waals surface area contributed by atoms with Crippen LogP contribution >= 0.6 is 15.9 Å². The molecule has 10 heteroatoms. The predicted molar refractivity (Wildman–Crippen MR) is 139 cm³/mol. The number of rotatable bonds is 9. The van der Waals surface area contributed by atoms with Crippen molar-refractivity contribution in [1.29, 1.82) is 0 Å². The summed E-state index contributed by atoms with van der Waals surface area (Å²) in [5.74, 6) is -0.823. The van der Waals surface area contributed by atoms with Crippen molar-refractivity contribution in [3.8, 4) is 0 Å². The molecule has 0 saturated carbocycles. The molecule has 1 aromatic heterocycles. The molecule has 3 N–H and O–H groups in total. The molecule has 0 aliphatic rings. The van der Waals surface area contributed by atoms with Crippen LogP contribution in [-0.2, 0) is 16.1 Å². The summed E-state index contributed by atoms with van der Waals surface area (Å²) in [6.07, 6.45) is 3.04. The quantitative estimate of drug-likeness (QED) is 0.480. The number of hydrogen-bond acceptors (Lipinski definition) is 5. The molecule has 9 nitrogen and oxygen atoms in total. The van der Waals surface area contributed by atoms with E-state index in [1.54, 1.807) is 6.08 Å². The number of carbonyl (C=O) groups excluding carboxylic acids is 2. The lowest BCUT2D eigenvalue weighted by molar-refractivity contribution is -0.130. The van der Waals surface area contributed by atoms with Gasteiger partial charge in [-0.1, -0.05) is 55.8 Å². The number of aromatic amines is 1. The van der Waals surface area contributed by atoms with Gasteiger partial charge in [0.2, 0.25) is 11.8 Å². The summed E-state index contributed by atoms with van der Waals surface area (Å²) in [7, 11) is 1.51. The minimum atomic E-state index is -0.736. The lowest BCUT2D eigenvalue weighted by atomic mass is 10.2. The Hall–Kier alpha value is -3.14. The third kappa shape index (κ3) is 7.18. The average molecular weight is 534 g/mol. The molecule has 0 atom stereocenters. The van der Waals surface area contributed by atoms with E-state index >= 15 is 0 Å². The van der Waals surface area contributed by atoms with Crippen LogP contribution < -0.4 is 21.9 Å². The maximum atomic E-state index is 13.2. The molecule has 2 amide bonds. The number of nitrogen functional groups attached to an aromatic ring is 1. The molecular weight excluding hydrogens is 502 g/mol. The van der Waals surface area contributed by atoms with Gasteiger partial charge in [0, 0.05) is 30.7 Å². The summed E-state index contributed by atoms with van der Waals surface area (Å²) in [6, 6.07) is 7.45. The fourth-order valence-electron chi connectivity index (χ4n) is 3.34. The molecule has 0 spiro atoms. The number of likely N-dealkylation sites (N-methyl/N-ethyl adjacent to an activating group) is 1. The number of nitrogens with two attached hydrogens (primary N) is 1. The summed E-state index contributed by atoms with van der Waals surface area (Å²) in [6.45, 7) is 7.83. The summed E-state index contributed by atoms with van der Waals surface area (Å²) in [5, 5.41) is 0. The summed E-state index contributed by atoms with van der Waals surface area (Å²) >= 11 is 3.38. The smallest absolute Gasteiger partial charge is 0.330 e. The zero-order valence-electron chi connectivity index (χ0n) is 20.2. The van der Waals surface area contributed by atoms with Crippen molar-refractivity contribution in [2.24, 2.45) is 11.8 Å². The lowest BCUT2D eigenvalue weighted by Crippen LogP contribution is -2.46. The van der Waals surface area contributed by atoms with Gasteiger partial charge in [-0.2, -0.15) is 0 Å². The Morgan fingerprint density at radius 2 is 1.85 bits per heavy atom. The lowest BCUT2D eigenvalue weighted by Gasteiger charge is -2.28. The van der Waals surface area contributed by atoms with Gasteiger partial charge in [-0.25, -0.2) is 4.79 Å². The molecule has 0 unspecified atom stereocenters. The highest BCUT2D eigenvalue weighted by Crippen LogP contribution is 2.20. The molecule has 0 radical (unpaired) electrons. The third-order valence-electron chi connectivity index (χ3n) is 4.90. The maximum Gasteiger partial charge on any atom is 0.330 e. The number of benzene rings is 1. The van der Waals surface area contributed by atoms with Crippen molar-refractivity contribution in [3.05, 3.63) is 61.2 Å². The van der Waals surface area contributed by atoms with E-state index in [-0.39, 0.29) is 48.9 Å². The minimum Gasteiger partial charge on any atom is -0.383 e. The summed E-state index contributed by atoms with van der Waals surface area (Å²) in [5.41, 5.74) is 5.61.